The van der Waals surface area contributed by atoms with E-state index < -0.39 is 0 Å². The lowest BCUT2D eigenvalue weighted by Crippen LogP contribution is -2.34. The molecule has 0 unspecified atom stereocenters. The molecule has 6 heteroatoms. The zero-order chi connectivity index (χ0) is 15.8. The average molecular weight is 390 g/mol. The summed E-state index contributed by atoms with van der Waals surface area (Å²) in [4.78, 5) is 6.41. The molecule has 0 spiro atoms. The molecule has 0 bridgehead atoms. The van der Waals surface area contributed by atoms with Crippen LogP contribution in [0.5, 0.6) is 0 Å². The van der Waals surface area contributed by atoms with Crippen LogP contribution in [0.3, 0.4) is 0 Å². The van der Waals surface area contributed by atoms with Gasteiger partial charge in [-0.1, -0.05) is 32.0 Å². The van der Waals surface area contributed by atoms with E-state index in [9.17, 15) is 0 Å². The monoisotopic (exact) mass is 389 g/mol. The molecule has 0 amide bonds. The zero-order valence-corrected chi connectivity index (χ0v) is 16.9. The smallest absolute Gasteiger partial charge is 0.0331 e. The molecule has 24 heavy (non-hydrogen) atoms. The Morgan fingerprint density at radius 3 is 2.21 bits per heavy atom. The largest absolute Gasteiger partial charge is 0.399 e. The Morgan fingerprint density at radius 2 is 1.62 bits per heavy atom. The number of nitrogen functional groups attached to an aromatic ring is 1. The Balaban J connectivity index is 0.00000264. The molecule has 0 saturated carbocycles. The van der Waals surface area contributed by atoms with E-state index in [0.717, 1.165) is 45.0 Å². The van der Waals surface area contributed by atoms with E-state index in [2.05, 4.69) is 53.3 Å². The van der Waals surface area contributed by atoms with Gasteiger partial charge in [-0.15, -0.1) is 36.2 Å². The maximum Gasteiger partial charge on any atom is 0.0331 e. The lowest BCUT2D eigenvalue weighted by molar-refractivity contribution is 0.203. The molecule has 136 valence electrons. The first-order chi connectivity index (χ1) is 10.7. The van der Waals surface area contributed by atoms with Gasteiger partial charge in [0.15, 0.2) is 0 Å². The van der Waals surface area contributed by atoms with Crippen LogP contribution in [-0.2, 0) is 13.1 Å². The third-order valence-electron chi connectivity index (χ3n) is 3.94. The van der Waals surface area contributed by atoms with Crippen molar-refractivity contribution in [1.29, 1.82) is 0 Å². The van der Waals surface area contributed by atoms with Gasteiger partial charge in [-0.25, -0.2) is 0 Å². The minimum Gasteiger partial charge on any atom is -0.399 e. The number of halogens is 2. The molecule has 0 atom stereocenters. The molecule has 2 rings (SSSR count). The fourth-order valence-electron chi connectivity index (χ4n) is 2.61. The quantitative estimate of drug-likeness (QED) is 0.639. The van der Waals surface area contributed by atoms with Gasteiger partial charge in [0.1, 0.15) is 0 Å². The maximum atomic E-state index is 5.91. The van der Waals surface area contributed by atoms with Crippen molar-refractivity contribution in [3.63, 3.8) is 0 Å². The number of anilines is 1. The van der Waals surface area contributed by atoms with Gasteiger partial charge >= 0.3 is 0 Å². The minimum atomic E-state index is 0. The van der Waals surface area contributed by atoms with Crippen LogP contribution >= 0.6 is 36.2 Å². The molecule has 0 aliphatic rings. The second kappa shape index (κ2) is 12.6. The van der Waals surface area contributed by atoms with E-state index in [1.165, 1.54) is 10.4 Å². The molecule has 2 aromatic rings. The molecule has 0 saturated heterocycles. The number of hydrogen-bond acceptors (Lipinski definition) is 4. The molecule has 2 N–H and O–H groups in total. The van der Waals surface area contributed by atoms with Crippen LogP contribution in [0.25, 0.3) is 0 Å². The lowest BCUT2D eigenvalue weighted by atomic mass is 10.2. The Labute approximate surface area is 162 Å². The van der Waals surface area contributed by atoms with Crippen molar-refractivity contribution in [2.24, 2.45) is 0 Å². The fourth-order valence-corrected chi connectivity index (χ4v) is 3.36. The van der Waals surface area contributed by atoms with Gasteiger partial charge in [0, 0.05) is 36.7 Å². The standard InChI is InChI=1S/C18H27N3S.2ClH/c1-3-20(4-2)10-11-21(15-18-9-6-12-22-18)14-16-7-5-8-17(19)13-16;;/h5-9,12-13H,3-4,10-11,14-15,19H2,1-2H3;2*1H. The third-order valence-corrected chi connectivity index (χ3v) is 4.80. The second-order valence-corrected chi connectivity index (χ2v) is 6.59. The molecular weight excluding hydrogens is 361 g/mol. The van der Waals surface area contributed by atoms with Crippen LogP contribution in [0.4, 0.5) is 5.69 Å². The van der Waals surface area contributed by atoms with Crippen LogP contribution in [0.15, 0.2) is 41.8 Å². The van der Waals surface area contributed by atoms with Crippen molar-refractivity contribution in [2.75, 3.05) is 31.9 Å². The zero-order valence-electron chi connectivity index (χ0n) is 14.5. The van der Waals surface area contributed by atoms with Crippen LogP contribution < -0.4 is 5.73 Å². The highest BCUT2D eigenvalue weighted by Gasteiger charge is 2.10. The molecule has 1 aromatic carbocycles. The fraction of sp³-hybridized carbons (Fsp3) is 0.444. The van der Waals surface area contributed by atoms with Gasteiger partial charge in [0.2, 0.25) is 0 Å². The number of thiophene rings is 1. The van der Waals surface area contributed by atoms with E-state index in [4.69, 9.17) is 5.73 Å². The van der Waals surface area contributed by atoms with Crippen molar-refractivity contribution in [1.82, 2.24) is 9.80 Å². The summed E-state index contributed by atoms with van der Waals surface area (Å²) < 4.78 is 0. The summed E-state index contributed by atoms with van der Waals surface area (Å²) >= 11 is 1.83. The van der Waals surface area contributed by atoms with Crippen molar-refractivity contribution in [2.45, 2.75) is 26.9 Å². The SMILES string of the molecule is CCN(CC)CCN(Cc1cccc(N)c1)Cc1cccs1.Cl.Cl. The van der Waals surface area contributed by atoms with E-state index in [-0.39, 0.29) is 24.8 Å². The van der Waals surface area contributed by atoms with Crippen LogP contribution in [-0.4, -0.2) is 36.0 Å². The lowest BCUT2D eigenvalue weighted by Gasteiger charge is -2.26. The molecule has 0 aliphatic heterocycles. The Bertz CT molecular complexity index is 545. The summed E-state index contributed by atoms with van der Waals surface area (Å²) in [6.45, 7) is 10.8. The van der Waals surface area contributed by atoms with Gasteiger partial charge in [-0.2, -0.15) is 0 Å². The van der Waals surface area contributed by atoms with Crippen molar-refractivity contribution in [3.8, 4) is 0 Å². The Kier molecular flexibility index (Phi) is 12.2. The van der Waals surface area contributed by atoms with Crippen LogP contribution in [0.1, 0.15) is 24.3 Å². The number of nitrogens with zero attached hydrogens (tertiary/aromatic N) is 2. The highest BCUT2D eigenvalue weighted by atomic mass is 35.5. The molecule has 0 aliphatic carbocycles. The molecule has 1 heterocycles. The Hall–Kier alpha value is -0.780. The van der Waals surface area contributed by atoms with Crippen molar-refractivity contribution >= 4 is 41.8 Å². The summed E-state index contributed by atoms with van der Waals surface area (Å²) in [5.74, 6) is 0. The highest BCUT2D eigenvalue weighted by Crippen LogP contribution is 2.15. The molecular formula is C18H29Cl2N3S. The van der Waals surface area contributed by atoms with Crippen LogP contribution in [0.2, 0.25) is 0 Å². The van der Waals surface area contributed by atoms with Crippen LogP contribution in [0, 0.1) is 0 Å². The van der Waals surface area contributed by atoms with Gasteiger partial charge in [0.05, 0.1) is 0 Å². The van der Waals surface area contributed by atoms with Gasteiger partial charge in [-0.05, 0) is 42.2 Å². The van der Waals surface area contributed by atoms with E-state index in [1.807, 2.05) is 23.5 Å². The predicted octanol–water partition coefficient (Wildman–Crippen LogP) is 4.52. The van der Waals surface area contributed by atoms with Gasteiger partial charge in [-0.3, -0.25) is 4.90 Å². The topological polar surface area (TPSA) is 32.5 Å². The normalized spacial score (nSPS) is 10.5. The first-order valence-electron chi connectivity index (χ1n) is 8.02. The predicted molar refractivity (Wildman–Crippen MR) is 112 cm³/mol. The Morgan fingerprint density at radius 1 is 0.917 bits per heavy atom. The molecule has 1 aromatic heterocycles. The summed E-state index contributed by atoms with van der Waals surface area (Å²) in [5, 5.41) is 2.15. The van der Waals surface area contributed by atoms with Gasteiger partial charge in [0.25, 0.3) is 0 Å². The molecule has 0 radical (unpaired) electrons. The summed E-state index contributed by atoms with van der Waals surface area (Å²) in [6, 6.07) is 12.6. The van der Waals surface area contributed by atoms with E-state index in [0.29, 0.717) is 0 Å². The summed E-state index contributed by atoms with van der Waals surface area (Å²) in [6.07, 6.45) is 0. The second-order valence-electron chi connectivity index (χ2n) is 5.56. The highest BCUT2D eigenvalue weighted by molar-refractivity contribution is 7.09. The molecule has 3 nitrogen and oxygen atoms in total. The van der Waals surface area contributed by atoms with E-state index in [1.54, 1.807) is 0 Å². The van der Waals surface area contributed by atoms with E-state index >= 15 is 0 Å². The van der Waals surface area contributed by atoms with Gasteiger partial charge < -0.3 is 10.6 Å². The first-order valence-corrected chi connectivity index (χ1v) is 8.90. The average Bonchev–Trinajstić information content (AvgIpc) is 3.01. The third kappa shape index (κ3) is 7.86. The maximum absolute atomic E-state index is 5.91. The number of benzene rings is 1. The van der Waals surface area contributed by atoms with Crippen molar-refractivity contribution < 1.29 is 0 Å². The number of likely N-dealkylation sites (N-methyl/N-ethyl adjacent to an activating group) is 1. The summed E-state index contributed by atoms with van der Waals surface area (Å²) in [7, 11) is 0. The number of nitrogens with two attached hydrogens (primary N) is 1. The molecule has 0 fully saturated rings. The summed E-state index contributed by atoms with van der Waals surface area (Å²) in [5.41, 5.74) is 8.04. The number of hydrogen-bond donors (Lipinski definition) is 1. The first kappa shape index (κ1) is 23.2. The number of rotatable bonds is 9. The van der Waals surface area contributed by atoms with Crippen molar-refractivity contribution in [3.05, 3.63) is 52.2 Å². The minimum absolute atomic E-state index is 0.